The predicted molar refractivity (Wildman–Crippen MR) is 143 cm³/mol. The van der Waals surface area contributed by atoms with E-state index in [9.17, 15) is 35.1 Å². The molecule has 17 nitrogen and oxygen atoms in total. The molecule has 0 saturated carbocycles. The third kappa shape index (κ3) is 13.8. The van der Waals surface area contributed by atoms with Crippen molar-refractivity contribution in [2.75, 3.05) is 32.8 Å². The molecule has 0 radical (unpaired) electrons. The number of pyridine rings is 1. The van der Waals surface area contributed by atoms with Crippen molar-refractivity contribution in [1.29, 1.82) is 0 Å². The predicted octanol–water partition coefficient (Wildman–Crippen LogP) is 3.15. The lowest BCUT2D eigenvalue weighted by Crippen LogP contribution is -2.38. The maximum atomic E-state index is 10.7. The summed E-state index contributed by atoms with van der Waals surface area (Å²) < 4.78 is 6.47. The van der Waals surface area contributed by atoms with Gasteiger partial charge in [-0.05, 0) is 55.6 Å². The summed E-state index contributed by atoms with van der Waals surface area (Å²) in [6.45, 7) is 1.00. The Hall–Kier alpha value is -4.35. The number of hydrogen-bond donors (Lipinski definition) is 1. The number of carboxylic acids is 1. The molecule has 0 amide bonds. The average molecular weight is 616 g/mol. The first kappa shape index (κ1) is 33.9. The summed E-state index contributed by atoms with van der Waals surface area (Å²) in [6.07, 6.45) is 2.98. The fourth-order valence-corrected chi connectivity index (χ4v) is 4.05. The molecule has 2 heterocycles. The van der Waals surface area contributed by atoms with E-state index >= 15 is 0 Å². The number of aromatic nitrogens is 1. The van der Waals surface area contributed by atoms with Crippen molar-refractivity contribution in [2.45, 2.75) is 44.0 Å². The van der Waals surface area contributed by atoms with E-state index in [0.717, 1.165) is 43.7 Å². The largest absolute Gasteiger partial charge is 0.481 e. The van der Waals surface area contributed by atoms with E-state index in [1.165, 1.54) is 0 Å². The molecule has 0 spiro atoms. The zero-order valence-corrected chi connectivity index (χ0v) is 23.0. The SMILES string of the molecule is O=C(O)CCCN1CCC(O[C@@H](c2ccc(Cl)cc2)c2ccccn2)CC1.O=[N+]([O-])OCC(CO[N+](=O)[O-])O[N+](=O)[O-]. The standard InChI is InChI=1S/C21H25ClN2O3.C3H5N3O9/c22-17-8-6-16(7-9-17)21(19-4-1-2-12-23-19)27-18-10-14-24(15-11-18)13-3-5-20(25)26;7-4(8)13-1-3(15-6(11)12)2-14-5(9)10/h1-2,4,6-9,12,18,21H,3,5,10-11,13-15H2,(H,25,26);3H,1-2H2/t21-;/m0./s1. The second-order valence-corrected chi connectivity index (χ2v) is 9.29. The number of benzene rings is 1. The monoisotopic (exact) mass is 615 g/mol. The highest BCUT2D eigenvalue weighted by atomic mass is 35.5. The highest BCUT2D eigenvalue weighted by molar-refractivity contribution is 6.30. The van der Waals surface area contributed by atoms with Crippen molar-refractivity contribution in [3.63, 3.8) is 0 Å². The molecule has 1 N–H and O–H groups in total. The highest BCUT2D eigenvalue weighted by Crippen LogP contribution is 2.29. The Labute approximate surface area is 244 Å². The zero-order valence-electron chi connectivity index (χ0n) is 22.3. The summed E-state index contributed by atoms with van der Waals surface area (Å²) in [7, 11) is 0. The number of nitrogens with zero attached hydrogens (tertiary/aromatic N) is 5. The molecule has 1 aliphatic rings. The Bertz CT molecular complexity index is 1120. The average Bonchev–Trinajstić information content (AvgIpc) is 2.95. The lowest BCUT2D eigenvalue weighted by Gasteiger charge is -2.34. The Morgan fingerprint density at radius 3 is 2.12 bits per heavy atom. The van der Waals surface area contributed by atoms with Crippen LogP contribution in [0.2, 0.25) is 5.02 Å². The van der Waals surface area contributed by atoms with E-state index in [0.29, 0.717) is 11.4 Å². The fourth-order valence-electron chi connectivity index (χ4n) is 3.92. The minimum atomic E-state index is -1.55. The third-order valence-electron chi connectivity index (χ3n) is 5.82. The summed E-state index contributed by atoms with van der Waals surface area (Å²) in [5, 5.41) is 35.0. The quantitative estimate of drug-likeness (QED) is 0.212. The van der Waals surface area contributed by atoms with Gasteiger partial charge in [-0.1, -0.05) is 29.8 Å². The minimum absolute atomic E-state index is 0.156. The van der Waals surface area contributed by atoms with Crippen molar-refractivity contribution >= 4 is 17.6 Å². The van der Waals surface area contributed by atoms with Crippen LogP contribution in [0.25, 0.3) is 0 Å². The Morgan fingerprint density at radius 2 is 1.62 bits per heavy atom. The van der Waals surface area contributed by atoms with Gasteiger partial charge in [0.1, 0.15) is 19.3 Å². The van der Waals surface area contributed by atoms with Gasteiger partial charge < -0.3 is 29.3 Å². The molecular weight excluding hydrogens is 586 g/mol. The number of aliphatic carboxylic acids is 1. The van der Waals surface area contributed by atoms with Gasteiger partial charge in [0.2, 0.25) is 0 Å². The van der Waals surface area contributed by atoms with Crippen LogP contribution in [0.15, 0.2) is 48.7 Å². The molecule has 230 valence electrons. The number of piperidine rings is 1. The van der Waals surface area contributed by atoms with Gasteiger partial charge >= 0.3 is 5.97 Å². The molecule has 2 aromatic rings. The van der Waals surface area contributed by atoms with Crippen LogP contribution < -0.4 is 0 Å². The molecule has 18 heteroatoms. The smallest absolute Gasteiger partial charge is 0.303 e. The van der Waals surface area contributed by atoms with Crippen molar-refractivity contribution in [3.05, 3.63) is 95.3 Å². The van der Waals surface area contributed by atoms with Gasteiger partial charge in [-0.2, -0.15) is 0 Å². The molecule has 0 unspecified atom stereocenters. The number of rotatable bonds is 16. The van der Waals surface area contributed by atoms with Crippen molar-refractivity contribution < 1.29 is 44.4 Å². The van der Waals surface area contributed by atoms with Crippen molar-refractivity contribution in [1.82, 2.24) is 9.88 Å². The molecule has 1 saturated heterocycles. The van der Waals surface area contributed by atoms with Crippen LogP contribution in [0.4, 0.5) is 0 Å². The molecule has 3 rings (SSSR count). The molecule has 1 aliphatic heterocycles. The number of halogens is 1. The molecule has 1 fully saturated rings. The van der Waals surface area contributed by atoms with E-state index in [2.05, 4.69) is 24.4 Å². The van der Waals surface area contributed by atoms with Gasteiger partial charge in [0.05, 0.1) is 11.8 Å². The Morgan fingerprint density at radius 1 is 1.00 bits per heavy atom. The number of ether oxygens (including phenoxy) is 1. The summed E-state index contributed by atoms with van der Waals surface area (Å²) in [6, 6.07) is 13.6. The number of carbonyl (C=O) groups is 1. The Balaban J connectivity index is 0.000000351. The number of hydrogen-bond acceptors (Lipinski definition) is 13. The van der Waals surface area contributed by atoms with Gasteiger partial charge in [0.15, 0.2) is 6.10 Å². The fraction of sp³-hybridized carbons (Fsp3) is 0.500. The normalized spacial score (nSPS) is 14.2. The lowest BCUT2D eigenvalue weighted by molar-refractivity contribution is -0.803. The highest BCUT2D eigenvalue weighted by Gasteiger charge is 2.25. The van der Waals surface area contributed by atoms with Crippen LogP contribution in [0.3, 0.4) is 0 Å². The van der Waals surface area contributed by atoms with Crippen LogP contribution in [0.1, 0.15) is 43.0 Å². The van der Waals surface area contributed by atoms with Gasteiger partial charge in [0, 0.05) is 30.7 Å². The number of carboxylic acid groups (broad SMARTS) is 1. The molecule has 1 aromatic carbocycles. The summed E-state index contributed by atoms with van der Waals surface area (Å²) in [5.41, 5.74) is 1.94. The first-order valence-electron chi connectivity index (χ1n) is 12.6. The first-order valence-corrected chi connectivity index (χ1v) is 13.0. The zero-order chi connectivity index (χ0) is 30.9. The van der Waals surface area contributed by atoms with Crippen molar-refractivity contribution in [2.24, 2.45) is 0 Å². The summed E-state index contributed by atoms with van der Waals surface area (Å²) in [4.78, 5) is 58.0. The van der Waals surface area contributed by atoms with Crippen LogP contribution in [0, 0.1) is 30.3 Å². The van der Waals surface area contributed by atoms with E-state index < -0.39 is 40.5 Å². The molecule has 1 atom stereocenters. The third-order valence-corrected chi connectivity index (χ3v) is 6.08. The molecule has 42 heavy (non-hydrogen) atoms. The van der Waals surface area contributed by atoms with Gasteiger partial charge in [-0.15, -0.1) is 30.3 Å². The minimum Gasteiger partial charge on any atom is -0.481 e. The topological polar surface area (TPSA) is 220 Å². The molecular formula is C24H30ClN5O12. The van der Waals surface area contributed by atoms with Crippen LogP contribution in [0.5, 0.6) is 0 Å². The van der Waals surface area contributed by atoms with Gasteiger partial charge in [0.25, 0.3) is 15.3 Å². The van der Waals surface area contributed by atoms with Gasteiger partial charge in [-0.25, -0.2) is 0 Å². The van der Waals surface area contributed by atoms with E-state index in [4.69, 9.17) is 21.4 Å². The van der Waals surface area contributed by atoms with E-state index in [-0.39, 0.29) is 18.6 Å². The first-order chi connectivity index (χ1) is 20.0. The maximum absolute atomic E-state index is 10.7. The molecule has 1 aromatic heterocycles. The van der Waals surface area contributed by atoms with Crippen molar-refractivity contribution in [3.8, 4) is 0 Å². The second-order valence-electron chi connectivity index (χ2n) is 8.85. The molecule has 0 bridgehead atoms. The van der Waals surface area contributed by atoms with Crippen LogP contribution >= 0.6 is 11.6 Å². The number of likely N-dealkylation sites (tertiary alicyclic amines) is 1. The summed E-state index contributed by atoms with van der Waals surface area (Å²) >= 11 is 6.03. The maximum Gasteiger partial charge on any atom is 0.303 e. The second kappa shape index (κ2) is 18.2. The van der Waals surface area contributed by atoms with Crippen LogP contribution in [-0.2, 0) is 24.0 Å². The molecule has 0 aliphatic carbocycles. The lowest BCUT2D eigenvalue weighted by atomic mass is 10.0. The van der Waals surface area contributed by atoms with E-state index in [1.54, 1.807) is 6.20 Å². The van der Waals surface area contributed by atoms with E-state index in [1.807, 2.05) is 42.5 Å². The van der Waals surface area contributed by atoms with Gasteiger partial charge in [-0.3, -0.25) is 9.78 Å². The Kier molecular flexibility index (Phi) is 14.6. The summed E-state index contributed by atoms with van der Waals surface area (Å²) in [5.74, 6) is -0.727. The van der Waals surface area contributed by atoms with Crippen LogP contribution in [-0.4, -0.2) is 81.3 Å².